The van der Waals surface area contributed by atoms with Crippen LogP contribution in [0.1, 0.15) is 50.2 Å². The van der Waals surface area contributed by atoms with Crippen LogP contribution in [0.4, 0.5) is 18.9 Å². The van der Waals surface area contributed by atoms with Gasteiger partial charge in [-0.05, 0) is 55.2 Å². The SMILES string of the molecule is CCC(C(=O)NC1CCCC1)N(Cc1ccc(Cl)cc1Cl)C(=O)CN(c1cccc(C(F)(F)F)c1)S(C)(=O)=O. The van der Waals surface area contributed by atoms with Crippen molar-refractivity contribution in [3.05, 3.63) is 63.6 Å². The van der Waals surface area contributed by atoms with Crippen LogP contribution in [0.25, 0.3) is 0 Å². The number of anilines is 1. The average Bonchev–Trinajstić information content (AvgIpc) is 3.35. The fourth-order valence-electron chi connectivity index (χ4n) is 4.57. The number of benzene rings is 2. The first-order chi connectivity index (χ1) is 18.2. The van der Waals surface area contributed by atoms with E-state index in [0.717, 1.165) is 44.1 Å². The van der Waals surface area contributed by atoms with Gasteiger partial charge in [-0.15, -0.1) is 0 Å². The zero-order valence-electron chi connectivity index (χ0n) is 21.5. The number of halogens is 5. The summed E-state index contributed by atoms with van der Waals surface area (Å²) in [6, 6.07) is 7.34. The van der Waals surface area contributed by atoms with Crippen molar-refractivity contribution in [3.63, 3.8) is 0 Å². The number of alkyl halides is 3. The molecule has 1 aliphatic carbocycles. The predicted octanol–water partition coefficient (Wildman–Crippen LogP) is 5.64. The Morgan fingerprint density at radius 3 is 2.33 bits per heavy atom. The summed E-state index contributed by atoms with van der Waals surface area (Å²) in [5.74, 6) is -1.18. The van der Waals surface area contributed by atoms with Crippen LogP contribution >= 0.6 is 23.2 Å². The van der Waals surface area contributed by atoms with E-state index in [0.29, 0.717) is 21.0 Å². The molecule has 2 aromatic carbocycles. The second-order valence-electron chi connectivity index (χ2n) is 9.49. The number of nitrogens with one attached hydrogen (secondary N) is 1. The number of nitrogens with zero attached hydrogens (tertiary/aromatic N) is 2. The van der Waals surface area contributed by atoms with E-state index < -0.39 is 46.2 Å². The molecule has 3 rings (SSSR count). The van der Waals surface area contributed by atoms with E-state index in [1.807, 2.05) is 0 Å². The minimum Gasteiger partial charge on any atom is -0.352 e. The molecule has 1 saturated carbocycles. The maximum atomic E-state index is 13.7. The molecule has 13 heteroatoms. The van der Waals surface area contributed by atoms with E-state index >= 15 is 0 Å². The third-order valence-corrected chi connectivity index (χ3v) is 8.31. The van der Waals surface area contributed by atoms with Crippen LogP contribution in [0.2, 0.25) is 10.0 Å². The molecule has 1 N–H and O–H groups in total. The van der Waals surface area contributed by atoms with E-state index in [1.54, 1.807) is 19.1 Å². The van der Waals surface area contributed by atoms with Crippen LogP contribution in [0.5, 0.6) is 0 Å². The average molecular weight is 609 g/mol. The number of carbonyl (C=O) groups excluding carboxylic acids is 2. The molecule has 7 nitrogen and oxygen atoms in total. The lowest BCUT2D eigenvalue weighted by molar-refractivity contribution is -0.140. The number of hydrogen-bond acceptors (Lipinski definition) is 4. The highest BCUT2D eigenvalue weighted by atomic mass is 35.5. The summed E-state index contributed by atoms with van der Waals surface area (Å²) in [5.41, 5.74) is -0.923. The van der Waals surface area contributed by atoms with Gasteiger partial charge in [0.2, 0.25) is 21.8 Å². The molecule has 214 valence electrons. The summed E-state index contributed by atoms with van der Waals surface area (Å²) >= 11 is 12.3. The summed E-state index contributed by atoms with van der Waals surface area (Å²) in [4.78, 5) is 28.2. The Balaban J connectivity index is 1.98. The third kappa shape index (κ3) is 8.25. The van der Waals surface area contributed by atoms with Crippen molar-refractivity contribution < 1.29 is 31.2 Å². The lowest BCUT2D eigenvalue weighted by Gasteiger charge is -2.33. The first kappa shape index (κ1) is 31.0. The van der Waals surface area contributed by atoms with Crippen LogP contribution in [-0.4, -0.2) is 50.0 Å². The highest BCUT2D eigenvalue weighted by molar-refractivity contribution is 7.92. The Bertz CT molecular complexity index is 1300. The summed E-state index contributed by atoms with van der Waals surface area (Å²) in [5, 5.41) is 3.57. The van der Waals surface area contributed by atoms with Crippen LogP contribution in [-0.2, 0) is 32.3 Å². The topological polar surface area (TPSA) is 86.8 Å². The first-order valence-electron chi connectivity index (χ1n) is 12.4. The zero-order valence-corrected chi connectivity index (χ0v) is 23.8. The molecule has 39 heavy (non-hydrogen) atoms. The number of rotatable bonds is 10. The van der Waals surface area contributed by atoms with Gasteiger partial charge in [0, 0.05) is 22.6 Å². The molecular formula is C26H30Cl2F3N3O4S. The summed E-state index contributed by atoms with van der Waals surface area (Å²) in [6.07, 6.45) is -0.127. The van der Waals surface area contributed by atoms with Gasteiger partial charge >= 0.3 is 6.18 Å². The highest BCUT2D eigenvalue weighted by Crippen LogP contribution is 2.32. The molecule has 0 radical (unpaired) electrons. The molecule has 2 aromatic rings. The molecule has 0 aliphatic heterocycles. The normalized spacial score (nSPS) is 15.2. The Kier molecular flexibility index (Phi) is 10.2. The molecule has 0 saturated heterocycles. The molecule has 0 heterocycles. The standard InChI is InChI=1S/C26H30Cl2F3N3O4S/c1-3-23(25(36)32-20-8-4-5-9-20)33(15-17-11-12-19(27)14-22(17)28)24(35)16-34(39(2,37)38)21-10-6-7-18(13-21)26(29,30)31/h6-7,10-14,20,23H,3-5,8-9,15-16H2,1-2H3,(H,32,36). The van der Waals surface area contributed by atoms with Crippen molar-refractivity contribution in [2.24, 2.45) is 0 Å². The lowest BCUT2D eigenvalue weighted by atomic mass is 10.1. The highest BCUT2D eigenvalue weighted by Gasteiger charge is 2.35. The molecule has 1 unspecified atom stereocenters. The van der Waals surface area contributed by atoms with Crippen molar-refractivity contribution in [1.82, 2.24) is 10.2 Å². The Hall–Kier alpha value is -2.50. The van der Waals surface area contributed by atoms with Gasteiger partial charge in [0.05, 0.1) is 17.5 Å². The molecule has 2 amide bonds. The van der Waals surface area contributed by atoms with Crippen molar-refractivity contribution in [2.75, 3.05) is 17.1 Å². The van der Waals surface area contributed by atoms with Gasteiger partial charge in [0.25, 0.3) is 0 Å². The second-order valence-corrected chi connectivity index (χ2v) is 12.2. The smallest absolute Gasteiger partial charge is 0.352 e. The molecule has 0 aromatic heterocycles. The molecule has 0 bridgehead atoms. The zero-order chi connectivity index (χ0) is 29.0. The summed E-state index contributed by atoms with van der Waals surface area (Å²) in [7, 11) is -4.19. The minimum absolute atomic E-state index is 0.0275. The van der Waals surface area contributed by atoms with Gasteiger partial charge in [-0.1, -0.05) is 55.1 Å². The molecule has 1 fully saturated rings. The van der Waals surface area contributed by atoms with Crippen LogP contribution in [0.15, 0.2) is 42.5 Å². The van der Waals surface area contributed by atoms with E-state index in [2.05, 4.69) is 5.32 Å². The van der Waals surface area contributed by atoms with E-state index in [9.17, 15) is 31.2 Å². The van der Waals surface area contributed by atoms with Crippen molar-refractivity contribution in [1.29, 1.82) is 0 Å². The van der Waals surface area contributed by atoms with Gasteiger partial charge < -0.3 is 10.2 Å². The molecule has 0 spiro atoms. The first-order valence-corrected chi connectivity index (χ1v) is 15.0. The van der Waals surface area contributed by atoms with E-state index in [1.165, 1.54) is 17.0 Å². The van der Waals surface area contributed by atoms with Gasteiger partial charge in [-0.2, -0.15) is 13.2 Å². The van der Waals surface area contributed by atoms with Gasteiger partial charge in [0.15, 0.2) is 0 Å². The van der Waals surface area contributed by atoms with E-state index in [-0.39, 0.29) is 29.7 Å². The lowest BCUT2D eigenvalue weighted by Crippen LogP contribution is -2.53. The number of sulfonamides is 1. The minimum atomic E-state index is -4.72. The Morgan fingerprint density at radius 2 is 1.77 bits per heavy atom. The van der Waals surface area contributed by atoms with Crippen LogP contribution in [0.3, 0.4) is 0 Å². The second kappa shape index (κ2) is 12.8. The van der Waals surface area contributed by atoms with Crippen LogP contribution < -0.4 is 9.62 Å². The third-order valence-electron chi connectivity index (χ3n) is 6.58. The largest absolute Gasteiger partial charge is 0.416 e. The number of amides is 2. The summed E-state index contributed by atoms with van der Waals surface area (Å²) < 4.78 is 65.9. The Morgan fingerprint density at radius 1 is 1.10 bits per heavy atom. The van der Waals surface area contributed by atoms with E-state index in [4.69, 9.17) is 23.2 Å². The maximum absolute atomic E-state index is 13.7. The quantitative estimate of drug-likeness (QED) is 0.378. The summed E-state index contributed by atoms with van der Waals surface area (Å²) in [6.45, 7) is 0.744. The van der Waals surface area contributed by atoms with Crippen molar-refractivity contribution >= 4 is 50.7 Å². The molecule has 1 atom stereocenters. The monoisotopic (exact) mass is 607 g/mol. The fraction of sp³-hybridized carbons (Fsp3) is 0.462. The van der Waals surface area contributed by atoms with Gasteiger partial charge in [-0.25, -0.2) is 8.42 Å². The molecule has 1 aliphatic rings. The fourth-order valence-corrected chi connectivity index (χ4v) is 5.88. The predicted molar refractivity (Wildman–Crippen MR) is 145 cm³/mol. The molecular weight excluding hydrogens is 578 g/mol. The van der Waals surface area contributed by atoms with Crippen LogP contribution in [0, 0.1) is 0 Å². The number of carbonyl (C=O) groups is 2. The maximum Gasteiger partial charge on any atom is 0.416 e. The Labute approximate surface area is 236 Å². The van der Waals surface area contributed by atoms with Gasteiger partial charge in [0.1, 0.15) is 12.6 Å². The van der Waals surface area contributed by atoms with Crippen molar-refractivity contribution in [2.45, 2.75) is 63.8 Å². The number of hydrogen-bond donors (Lipinski definition) is 1. The van der Waals surface area contributed by atoms with Crippen molar-refractivity contribution in [3.8, 4) is 0 Å². The van der Waals surface area contributed by atoms with Gasteiger partial charge in [-0.3, -0.25) is 13.9 Å².